The van der Waals surface area contributed by atoms with Crippen molar-refractivity contribution >= 4 is 22.8 Å². The molecule has 3 aromatic rings. The van der Waals surface area contributed by atoms with Gasteiger partial charge in [-0.15, -0.1) is 0 Å². The van der Waals surface area contributed by atoms with Crippen LogP contribution in [0.15, 0.2) is 57.7 Å². The largest absolute Gasteiger partial charge is 0.481 e. The number of likely N-dealkylation sites (tertiary alicyclic amines) is 1. The van der Waals surface area contributed by atoms with Crippen LogP contribution in [0.1, 0.15) is 25.3 Å². The lowest BCUT2D eigenvalue weighted by Crippen LogP contribution is -2.48. The summed E-state index contributed by atoms with van der Waals surface area (Å²) in [7, 11) is 3.47. The molecule has 178 valence electrons. The van der Waals surface area contributed by atoms with Crippen LogP contribution in [-0.2, 0) is 9.59 Å². The first-order chi connectivity index (χ1) is 16.2. The summed E-state index contributed by atoms with van der Waals surface area (Å²) in [5.74, 6) is 0.137. The maximum Gasteiger partial charge on any atom is 0.336 e. The molecule has 0 radical (unpaired) electrons. The molecule has 2 amide bonds. The Labute approximate surface area is 198 Å². The van der Waals surface area contributed by atoms with E-state index in [0.717, 1.165) is 34.9 Å². The molecule has 1 aliphatic rings. The molecule has 1 fully saturated rings. The van der Waals surface area contributed by atoms with Gasteiger partial charge < -0.3 is 19.0 Å². The number of piperidine rings is 1. The van der Waals surface area contributed by atoms with E-state index >= 15 is 0 Å². The zero-order chi connectivity index (χ0) is 24.4. The number of carbonyl (C=O) groups excluding carboxylic acids is 2. The number of hydrogen-bond acceptors (Lipinski definition) is 5. The van der Waals surface area contributed by atoms with Gasteiger partial charge in [0.2, 0.25) is 5.91 Å². The van der Waals surface area contributed by atoms with Crippen molar-refractivity contribution in [3.05, 3.63) is 64.5 Å². The molecule has 0 N–H and O–H groups in total. The summed E-state index contributed by atoms with van der Waals surface area (Å²) < 4.78 is 11.4. The van der Waals surface area contributed by atoms with Crippen molar-refractivity contribution < 1.29 is 18.7 Å². The lowest BCUT2D eigenvalue weighted by atomic mass is 9.96. The Morgan fingerprint density at radius 3 is 2.62 bits per heavy atom. The smallest absolute Gasteiger partial charge is 0.336 e. The van der Waals surface area contributed by atoms with E-state index < -0.39 is 11.7 Å². The molecule has 2 heterocycles. The lowest BCUT2D eigenvalue weighted by Gasteiger charge is -2.34. The zero-order valence-electron chi connectivity index (χ0n) is 20.0. The topological polar surface area (TPSA) is 80.1 Å². The first-order valence-electron chi connectivity index (χ1n) is 11.5. The fourth-order valence-electron chi connectivity index (χ4n) is 4.57. The van der Waals surface area contributed by atoms with E-state index in [9.17, 15) is 14.4 Å². The van der Waals surface area contributed by atoms with Crippen LogP contribution < -0.4 is 10.4 Å². The molecule has 1 saturated heterocycles. The van der Waals surface area contributed by atoms with Gasteiger partial charge in [-0.2, -0.15) is 0 Å². The van der Waals surface area contributed by atoms with Gasteiger partial charge in [0.15, 0.2) is 6.10 Å². The van der Waals surface area contributed by atoms with Crippen LogP contribution in [-0.4, -0.2) is 54.9 Å². The number of benzene rings is 2. The van der Waals surface area contributed by atoms with E-state index in [1.165, 1.54) is 6.07 Å². The first-order valence-corrected chi connectivity index (χ1v) is 11.5. The molecule has 2 aromatic carbocycles. The highest BCUT2D eigenvalue weighted by Gasteiger charge is 2.31. The van der Waals surface area contributed by atoms with E-state index in [1.54, 1.807) is 43.0 Å². The highest BCUT2D eigenvalue weighted by molar-refractivity contribution is 5.94. The van der Waals surface area contributed by atoms with Crippen molar-refractivity contribution in [2.24, 2.45) is 5.92 Å². The molecule has 0 aliphatic carbocycles. The summed E-state index contributed by atoms with van der Waals surface area (Å²) >= 11 is 0. The second kappa shape index (κ2) is 9.71. The van der Waals surface area contributed by atoms with Crippen LogP contribution in [0.5, 0.6) is 5.75 Å². The number of hydrogen-bond donors (Lipinski definition) is 0. The van der Waals surface area contributed by atoms with Gasteiger partial charge in [0, 0.05) is 50.3 Å². The Morgan fingerprint density at radius 2 is 1.88 bits per heavy atom. The van der Waals surface area contributed by atoms with Crippen molar-refractivity contribution in [1.29, 1.82) is 0 Å². The highest BCUT2D eigenvalue weighted by atomic mass is 16.5. The standard InChI is InChI=1S/C27H30N2O5/c1-17-8-5-6-10-21(17)23-15-25(30)34-24-14-20(11-12-22(23)24)33-18(2)26(31)29-13-7-9-19(16-29)27(32)28(3)4/h5-6,8,10-12,14-15,18-19H,7,9,13,16H2,1-4H3/t18?,19-/m1/s1. The van der Waals surface area contributed by atoms with E-state index in [4.69, 9.17) is 9.15 Å². The predicted molar refractivity (Wildman–Crippen MR) is 131 cm³/mol. The Kier molecular flexibility index (Phi) is 6.72. The third-order valence-corrected chi connectivity index (χ3v) is 6.33. The molecule has 1 aromatic heterocycles. The maximum absolute atomic E-state index is 13.0. The molecular formula is C27H30N2O5. The second-order valence-electron chi connectivity index (χ2n) is 9.07. The minimum atomic E-state index is -0.739. The van der Waals surface area contributed by atoms with E-state index in [1.807, 2.05) is 37.3 Å². The van der Waals surface area contributed by atoms with Gasteiger partial charge in [0.05, 0.1) is 5.92 Å². The van der Waals surface area contributed by atoms with Crippen LogP contribution in [0, 0.1) is 12.8 Å². The summed E-state index contributed by atoms with van der Waals surface area (Å²) in [6, 6.07) is 14.6. The molecular weight excluding hydrogens is 432 g/mol. The van der Waals surface area contributed by atoms with Crippen LogP contribution in [0.4, 0.5) is 0 Å². The van der Waals surface area contributed by atoms with Crippen LogP contribution >= 0.6 is 0 Å². The number of aryl methyl sites for hydroxylation is 1. The maximum atomic E-state index is 13.0. The van der Waals surface area contributed by atoms with Gasteiger partial charge in [0.1, 0.15) is 11.3 Å². The number of ether oxygens (including phenoxy) is 1. The molecule has 2 atom stereocenters. The Bertz CT molecular complexity index is 1280. The Morgan fingerprint density at radius 1 is 1.12 bits per heavy atom. The molecule has 0 spiro atoms. The number of fused-ring (bicyclic) bond motifs is 1. The van der Waals surface area contributed by atoms with E-state index in [2.05, 4.69) is 0 Å². The normalized spacial score (nSPS) is 16.8. The van der Waals surface area contributed by atoms with Crippen molar-refractivity contribution in [3.8, 4) is 16.9 Å². The highest BCUT2D eigenvalue weighted by Crippen LogP contribution is 2.32. The minimum Gasteiger partial charge on any atom is -0.481 e. The van der Waals surface area contributed by atoms with Crippen molar-refractivity contribution in [3.63, 3.8) is 0 Å². The van der Waals surface area contributed by atoms with Gasteiger partial charge in [0.25, 0.3) is 5.91 Å². The average molecular weight is 463 g/mol. The molecule has 0 bridgehead atoms. The fourth-order valence-corrected chi connectivity index (χ4v) is 4.57. The summed E-state index contributed by atoms with van der Waals surface area (Å²) in [5, 5.41) is 0.793. The molecule has 34 heavy (non-hydrogen) atoms. The predicted octanol–water partition coefficient (Wildman–Crippen LogP) is 3.86. The SMILES string of the molecule is Cc1ccccc1-c1cc(=O)oc2cc(OC(C)C(=O)N3CCC[C@@H](C(=O)N(C)C)C3)ccc12. The molecule has 7 nitrogen and oxygen atoms in total. The lowest BCUT2D eigenvalue weighted by molar-refractivity contribution is -0.143. The van der Waals surface area contributed by atoms with Crippen LogP contribution in [0.25, 0.3) is 22.1 Å². The van der Waals surface area contributed by atoms with Gasteiger partial charge >= 0.3 is 5.63 Å². The minimum absolute atomic E-state index is 0.0417. The quantitative estimate of drug-likeness (QED) is 0.538. The zero-order valence-corrected chi connectivity index (χ0v) is 20.0. The van der Waals surface area contributed by atoms with E-state index in [-0.39, 0.29) is 17.7 Å². The summed E-state index contributed by atoms with van der Waals surface area (Å²) in [5.41, 5.74) is 2.77. The van der Waals surface area contributed by atoms with E-state index in [0.29, 0.717) is 24.4 Å². The Hall–Kier alpha value is -3.61. The number of carbonyl (C=O) groups is 2. The average Bonchev–Trinajstić information content (AvgIpc) is 2.82. The van der Waals surface area contributed by atoms with Crippen molar-refractivity contribution in [1.82, 2.24) is 9.80 Å². The van der Waals surface area contributed by atoms with Gasteiger partial charge in [-0.25, -0.2) is 4.79 Å². The third kappa shape index (κ3) is 4.83. The molecule has 1 unspecified atom stereocenters. The third-order valence-electron chi connectivity index (χ3n) is 6.33. The van der Waals surface area contributed by atoms with Crippen molar-refractivity contribution in [2.45, 2.75) is 32.8 Å². The number of rotatable bonds is 5. The van der Waals surface area contributed by atoms with Gasteiger partial charge in [-0.1, -0.05) is 24.3 Å². The van der Waals surface area contributed by atoms with Crippen LogP contribution in [0.3, 0.4) is 0 Å². The summed E-state index contributed by atoms with van der Waals surface area (Å²) in [6.07, 6.45) is 0.825. The second-order valence-corrected chi connectivity index (χ2v) is 9.07. The number of nitrogens with zero attached hydrogens (tertiary/aromatic N) is 2. The number of amides is 2. The monoisotopic (exact) mass is 462 g/mol. The fraction of sp³-hybridized carbons (Fsp3) is 0.370. The summed E-state index contributed by atoms with van der Waals surface area (Å²) in [6.45, 7) is 4.70. The molecule has 1 aliphatic heterocycles. The van der Waals surface area contributed by atoms with Crippen LogP contribution in [0.2, 0.25) is 0 Å². The first kappa shape index (κ1) is 23.5. The molecule has 7 heteroatoms. The molecule has 0 saturated carbocycles. The van der Waals surface area contributed by atoms with Crippen molar-refractivity contribution in [2.75, 3.05) is 27.2 Å². The van der Waals surface area contributed by atoms with Gasteiger partial charge in [-0.3, -0.25) is 9.59 Å². The summed E-state index contributed by atoms with van der Waals surface area (Å²) in [4.78, 5) is 40.9. The van der Waals surface area contributed by atoms with Gasteiger partial charge in [-0.05, 0) is 49.9 Å². The Balaban J connectivity index is 1.54. The molecule has 4 rings (SSSR count).